The van der Waals surface area contributed by atoms with Crippen LogP contribution in [0.2, 0.25) is 0 Å². The molecule has 4 heterocycles. The van der Waals surface area contributed by atoms with Crippen molar-refractivity contribution in [2.75, 3.05) is 48.3 Å². The topological polar surface area (TPSA) is 229 Å². The Morgan fingerprint density at radius 2 is 1.65 bits per heavy atom. The summed E-state index contributed by atoms with van der Waals surface area (Å²) < 4.78 is 24.9. The summed E-state index contributed by atoms with van der Waals surface area (Å²) in [6.45, 7) is 10.0. The van der Waals surface area contributed by atoms with Gasteiger partial charge in [-0.2, -0.15) is 4.98 Å². The molecule has 3 aliphatic rings. The van der Waals surface area contributed by atoms with E-state index in [2.05, 4.69) is 36.1 Å². The number of primary sulfonamides is 1. The van der Waals surface area contributed by atoms with Crippen LogP contribution in [0.3, 0.4) is 0 Å². The lowest BCUT2D eigenvalue weighted by Crippen LogP contribution is -2.60. The predicted molar refractivity (Wildman–Crippen MR) is 224 cm³/mol. The lowest BCUT2D eigenvalue weighted by atomic mass is 9.85. The quantitative estimate of drug-likeness (QED) is 0.137. The number of piperazine rings is 1. The van der Waals surface area contributed by atoms with Crippen LogP contribution >= 0.6 is 0 Å². The highest BCUT2D eigenvalue weighted by Crippen LogP contribution is 2.37. The predicted octanol–water partition coefficient (Wildman–Crippen LogP) is 3.37. The molecule has 17 nitrogen and oxygen atoms in total. The van der Waals surface area contributed by atoms with E-state index < -0.39 is 51.2 Å². The number of nitrogens with zero attached hydrogens (tertiary/aromatic N) is 5. The summed E-state index contributed by atoms with van der Waals surface area (Å²) in [5.74, 6) is -1.54. The Balaban J connectivity index is 0.930. The van der Waals surface area contributed by atoms with E-state index in [1.54, 1.807) is 47.5 Å². The molecule has 0 bridgehead atoms. The normalized spacial score (nSPS) is 18.6. The van der Waals surface area contributed by atoms with E-state index >= 15 is 0 Å². The highest BCUT2D eigenvalue weighted by Gasteiger charge is 2.45. The minimum absolute atomic E-state index is 0.0203. The molecule has 7 rings (SSSR count). The molecule has 1 aromatic heterocycles. The molecule has 4 aromatic rings. The molecule has 0 saturated carbocycles. The van der Waals surface area contributed by atoms with E-state index in [0.717, 1.165) is 21.8 Å². The van der Waals surface area contributed by atoms with Gasteiger partial charge in [0.15, 0.2) is 0 Å². The summed E-state index contributed by atoms with van der Waals surface area (Å²) in [7, 11) is -3.98. The number of piperidine rings is 1. The van der Waals surface area contributed by atoms with E-state index in [0.29, 0.717) is 60.3 Å². The van der Waals surface area contributed by atoms with Gasteiger partial charge in [-0.1, -0.05) is 45.0 Å². The maximum atomic E-state index is 13.7. The fourth-order valence-corrected chi connectivity index (χ4v) is 8.82. The third-order valence-electron chi connectivity index (χ3n) is 10.8. The molecule has 0 spiro atoms. The number of sulfonamides is 1. The average molecular weight is 837 g/mol. The van der Waals surface area contributed by atoms with Gasteiger partial charge < -0.3 is 25.8 Å². The zero-order valence-corrected chi connectivity index (χ0v) is 34.6. The van der Waals surface area contributed by atoms with Gasteiger partial charge in [-0.05, 0) is 66.8 Å². The lowest BCUT2D eigenvalue weighted by Gasteiger charge is -2.38. The second-order valence-corrected chi connectivity index (χ2v) is 17.6. The Bertz CT molecular complexity index is 2460. The monoisotopic (exact) mass is 836 g/mol. The molecule has 2 fully saturated rings. The highest BCUT2D eigenvalue weighted by atomic mass is 32.2. The SMILES string of the molecule is Cc1cnc(Nc2ccc(N3CCN(C(=O)CCNC4C(=O)N(C5CCC(=O)NC5=O)C(=O)c5ccccc54)CC3)cc2)nc1Nc1cccc(S(N)(=O)=O)c1C(C)(C)C. The van der Waals surface area contributed by atoms with Crippen LogP contribution in [0.25, 0.3) is 0 Å². The van der Waals surface area contributed by atoms with Crippen molar-refractivity contribution in [2.45, 2.75) is 69.4 Å². The first-order chi connectivity index (χ1) is 28.5. The Labute approximate surface area is 348 Å². The number of hydrogen-bond donors (Lipinski definition) is 5. The van der Waals surface area contributed by atoms with E-state index in [4.69, 9.17) is 5.14 Å². The molecule has 3 aliphatic heterocycles. The van der Waals surface area contributed by atoms with Crippen LogP contribution in [0.1, 0.15) is 73.1 Å². The van der Waals surface area contributed by atoms with Crippen molar-refractivity contribution >= 4 is 68.4 Å². The Morgan fingerprint density at radius 3 is 2.33 bits per heavy atom. The first-order valence-electron chi connectivity index (χ1n) is 19.7. The lowest BCUT2D eigenvalue weighted by molar-refractivity contribution is -0.144. The van der Waals surface area contributed by atoms with Gasteiger partial charge in [0.2, 0.25) is 33.7 Å². The standard InChI is InChI=1S/C42H48N10O7S/c1-25-24-45-41(49-37(25)47-30-10-7-11-32(60(43,58)59)35(30)42(2,3)4)46-26-12-14-27(15-13-26)50-20-22-51(23-21-50)34(54)18-19-44-36-28-8-5-6-9-29(28)39(56)52(40(36)57)31-16-17-33(53)48-38(31)55/h5-15,24,31,36,44H,16-23H2,1-4H3,(H2,43,58,59)(H,48,53,55)(H2,45,46,47,49). The van der Waals surface area contributed by atoms with Crippen molar-refractivity contribution in [3.8, 4) is 0 Å². The molecule has 5 amide bonds. The van der Waals surface area contributed by atoms with E-state index in [1.165, 1.54) is 6.07 Å². The van der Waals surface area contributed by atoms with Gasteiger partial charge in [0.1, 0.15) is 17.9 Å². The number of amides is 5. The van der Waals surface area contributed by atoms with Crippen LogP contribution in [-0.2, 0) is 34.6 Å². The van der Waals surface area contributed by atoms with Gasteiger partial charge in [-0.3, -0.25) is 34.2 Å². The van der Waals surface area contributed by atoms with E-state index in [-0.39, 0.29) is 36.6 Å². The maximum absolute atomic E-state index is 13.7. The number of fused-ring (bicyclic) bond motifs is 1. The molecule has 0 radical (unpaired) electrons. The van der Waals surface area contributed by atoms with Crippen molar-refractivity contribution in [1.82, 2.24) is 30.4 Å². The van der Waals surface area contributed by atoms with Gasteiger partial charge >= 0.3 is 0 Å². The molecule has 60 heavy (non-hydrogen) atoms. The summed E-state index contributed by atoms with van der Waals surface area (Å²) in [4.78, 5) is 78.8. The van der Waals surface area contributed by atoms with Gasteiger partial charge in [-0.25, -0.2) is 18.5 Å². The van der Waals surface area contributed by atoms with Gasteiger partial charge in [0.05, 0.1) is 4.90 Å². The minimum atomic E-state index is -3.98. The summed E-state index contributed by atoms with van der Waals surface area (Å²) in [5.41, 5.74) is 3.85. The van der Waals surface area contributed by atoms with Crippen LogP contribution in [0.4, 0.5) is 28.8 Å². The third-order valence-corrected chi connectivity index (χ3v) is 11.8. The smallest absolute Gasteiger partial charge is 0.261 e. The number of nitrogens with two attached hydrogens (primary N) is 1. The molecule has 2 atom stereocenters. The zero-order chi connectivity index (χ0) is 42.9. The van der Waals surface area contributed by atoms with Crippen molar-refractivity contribution in [1.29, 1.82) is 0 Å². The van der Waals surface area contributed by atoms with Crippen molar-refractivity contribution in [3.05, 3.63) is 95.2 Å². The first kappa shape index (κ1) is 41.9. The third kappa shape index (κ3) is 8.85. The average Bonchev–Trinajstić information content (AvgIpc) is 3.20. The zero-order valence-electron chi connectivity index (χ0n) is 33.8. The molecule has 6 N–H and O–H groups in total. The van der Waals surface area contributed by atoms with Crippen molar-refractivity contribution < 1.29 is 32.4 Å². The minimum Gasteiger partial charge on any atom is -0.368 e. The van der Waals surface area contributed by atoms with Crippen LogP contribution in [0.15, 0.2) is 77.8 Å². The van der Waals surface area contributed by atoms with Gasteiger partial charge in [0, 0.05) is 85.5 Å². The summed E-state index contributed by atoms with van der Waals surface area (Å²) >= 11 is 0. The number of imide groups is 2. The Kier molecular flexibility index (Phi) is 11.7. The van der Waals surface area contributed by atoms with Gasteiger partial charge in [-0.15, -0.1) is 0 Å². The van der Waals surface area contributed by atoms with Crippen LogP contribution in [0.5, 0.6) is 0 Å². The molecular weight excluding hydrogens is 789 g/mol. The van der Waals surface area contributed by atoms with Crippen LogP contribution in [0, 0.1) is 6.92 Å². The maximum Gasteiger partial charge on any atom is 0.261 e. The number of anilines is 5. The Morgan fingerprint density at radius 1 is 0.933 bits per heavy atom. The first-order valence-corrected chi connectivity index (χ1v) is 21.2. The fraction of sp³-hybridized carbons (Fsp3) is 0.357. The summed E-state index contributed by atoms with van der Waals surface area (Å²) in [5, 5.41) is 17.5. The van der Waals surface area contributed by atoms with Gasteiger partial charge in [0.25, 0.3) is 11.8 Å². The number of nitrogens with one attached hydrogen (secondary N) is 4. The number of aromatic nitrogens is 2. The number of aryl methyl sites for hydroxylation is 1. The second kappa shape index (κ2) is 16.8. The molecule has 2 unspecified atom stereocenters. The molecule has 314 valence electrons. The number of rotatable bonds is 11. The van der Waals surface area contributed by atoms with E-state index in [9.17, 15) is 32.4 Å². The van der Waals surface area contributed by atoms with E-state index in [1.807, 2.05) is 52.0 Å². The molecule has 2 saturated heterocycles. The van der Waals surface area contributed by atoms with Crippen molar-refractivity contribution in [2.24, 2.45) is 5.14 Å². The molecule has 3 aromatic carbocycles. The fourth-order valence-electron chi connectivity index (χ4n) is 7.85. The largest absolute Gasteiger partial charge is 0.368 e. The number of benzene rings is 3. The number of hydrogen-bond acceptors (Lipinski definition) is 13. The number of carbonyl (C=O) groups is 5. The molecule has 18 heteroatoms. The second-order valence-electron chi connectivity index (χ2n) is 16.1. The molecule has 0 aliphatic carbocycles. The molecular formula is C42H48N10O7S. The van der Waals surface area contributed by atoms with Crippen molar-refractivity contribution in [3.63, 3.8) is 0 Å². The van der Waals surface area contributed by atoms with Crippen LogP contribution < -0.4 is 31.3 Å². The Hall–Kier alpha value is -6.24. The number of carbonyl (C=O) groups excluding carboxylic acids is 5. The van der Waals surface area contributed by atoms with Crippen LogP contribution in [-0.4, -0.2) is 96.5 Å². The highest BCUT2D eigenvalue weighted by molar-refractivity contribution is 7.89. The summed E-state index contributed by atoms with van der Waals surface area (Å²) in [6, 6.07) is 17.4. The summed E-state index contributed by atoms with van der Waals surface area (Å²) in [6.07, 6.45) is 1.87.